The predicted molar refractivity (Wildman–Crippen MR) is 109 cm³/mol. The van der Waals surface area contributed by atoms with E-state index in [0.717, 1.165) is 6.07 Å². The number of rotatable bonds is 5. The normalized spacial score (nSPS) is 21.8. The van der Waals surface area contributed by atoms with E-state index in [9.17, 15) is 33.4 Å². The lowest BCUT2D eigenvalue weighted by atomic mass is 10.0. The van der Waals surface area contributed by atoms with Crippen LogP contribution in [0.1, 0.15) is 46.7 Å². The van der Waals surface area contributed by atoms with E-state index in [1.165, 1.54) is 21.7 Å². The van der Waals surface area contributed by atoms with Gasteiger partial charge in [0.25, 0.3) is 11.8 Å². The first kappa shape index (κ1) is 21.9. The summed E-state index contributed by atoms with van der Waals surface area (Å²) in [5.41, 5.74) is -2.37. The zero-order chi connectivity index (χ0) is 23.4. The molecule has 0 radical (unpaired) electrons. The molecule has 1 saturated carbocycles. The summed E-state index contributed by atoms with van der Waals surface area (Å²) in [6.07, 6.45) is 1.73. The summed E-state index contributed by atoms with van der Waals surface area (Å²) in [5.74, 6) is -4.07. The summed E-state index contributed by atoms with van der Waals surface area (Å²) in [7, 11) is 0. The van der Waals surface area contributed by atoms with Crippen molar-refractivity contribution in [3.05, 3.63) is 63.1 Å². The Morgan fingerprint density at radius 2 is 2.03 bits per heavy atom. The van der Waals surface area contributed by atoms with Gasteiger partial charge < -0.3 is 25.0 Å². The van der Waals surface area contributed by atoms with Gasteiger partial charge in [0.15, 0.2) is 11.4 Å². The highest BCUT2D eigenvalue weighted by Gasteiger charge is 2.60. The third-order valence-corrected chi connectivity index (χ3v) is 6.31. The Bertz CT molecular complexity index is 1180. The third kappa shape index (κ3) is 3.35. The monoisotopic (exact) mass is 447 g/mol. The topological polar surface area (TPSA) is 112 Å². The number of hydrogen-bond acceptors (Lipinski definition) is 5. The molecule has 1 aliphatic carbocycles. The Hall–Kier alpha value is -3.27. The van der Waals surface area contributed by atoms with Crippen molar-refractivity contribution < 1.29 is 28.6 Å². The number of carbonyl (C=O) groups is 2. The van der Waals surface area contributed by atoms with Crippen LogP contribution < -0.4 is 10.7 Å². The van der Waals surface area contributed by atoms with E-state index in [4.69, 9.17) is 0 Å². The number of carbonyl (C=O) groups excluding carboxylic acids is 2. The largest absolute Gasteiger partial charge is 0.503 e. The predicted octanol–water partition coefficient (Wildman–Crippen LogP) is 1.33. The van der Waals surface area contributed by atoms with E-state index < -0.39 is 45.7 Å². The fourth-order valence-corrected chi connectivity index (χ4v) is 4.34. The molecule has 1 aromatic carbocycles. The first-order chi connectivity index (χ1) is 15.1. The van der Waals surface area contributed by atoms with Crippen LogP contribution in [0.3, 0.4) is 0 Å². The number of fused-ring (bicyclic) bond motifs is 2. The van der Waals surface area contributed by atoms with E-state index in [2.05, 4.69) is 5.32 Å². The Morgan fingerprint density at radius 3 is 2.62 bits per heavy atom. The highest BCUT2D eigenvalue weighted by atomic mass is 19.1. The van der Waals surface area contributed by atoms with Gasteiger partial charge >= 0.3 is 0 Å². The number of aromatic hydroxyl groups is 1. The molecule has 8 nitrogen and oxygen atoms in total. The number of nitrogens with zero attached hydrogens (tertiary/aromatic N) is 2. The zero-order valence-electron chi connectivity index (χ0n) is 17.6. The average molecular weight is 447 g/mol. The van der Waals surface area contributed by atoms with E-state index in [1.807, 2.05) is 13.8 Å². The lowest BCUT2D eigenvalue weighted by Gasteiger charge is -2.39. The van der Waals surface area contributed by atoms with Crippen LogP contribution in [-0.4, -0.2) is 50.7 Å². The maximum absolute atomic E-state index is 13.8. The first-order valence-electron chi connectivity index (χ1n) is 10.2. The molecule has 2 aromatic rings. The summed E-state index contributed by atoms with van der Waals surface area (Å²) >= 11 is 0. The Labute approximate surface area is 182 Å². The summed E-state index contributed by atoms with van der Waals surface area (Å²) in [5, 5.41) is 22.7. The summed E-state index contributed by atoms with van der Waals surface area (Å²) < 4.78 is 28.3. The molecule has 1 aromatic heterocycles. The zero-order valence-corrected chi connectivity index (χ0v) is 17.6. The number of aliphatic hydroxyl groups excluding tert-OH is 1. The van der Waals surface area contributed by atoms with Gasteiger partial charge in [0, 0.05) is 49.5 Å². The fourth-order valence-electron chi connectivity index (χ4n) is 4.34. The summed E-state index contributed by atoms with van der Waals surface area (Å²) in [6, 6.07) is 2.70. The van der Waals surface area contributed by atoms with Crippen LogP contribution in [0.15, 0.2) is 29.2 Å². The minimum atomic E-state index is -1.02. The molecule has 0 saturated heterocycles. The van der Waals surface area contributed by atoms with Gasteiger partial charge in [-0.3, -0.25) is 14.4 Å². The van der Waals surface area contributed by atoms with Gasteiger partial charge in [-0.05, 0) is 26.3 Å². The average Bonchev–Trinajstić information content (AvgIpc) is 3.45. The van der Waals surface area contributed by atoms with Gasteiger partial charge in [0.1, 0.15) is 17.2 Å². The van der Waals surface area contributed by atoms with Crippen LogP contribution in [-0.2, 0) is 12.1 Å². The van der Waals surface area contributed by atoms with E-state index >= 15 is 0 Å². The molecule has 3 N–H and O–H groups in total. The molecular formula is C22H23F2N3O5. The van der Waals surface area contributed by atoms with Gasteiger partial charge in [0.2, 0.25) is 5.43 Å². The molecule has 2 atom stereocenters. The second-order valence-corrected chi connectivity index (χ2v) is 8.57. The number of aliphatic hydroxyl groups is 1. The molecule has 2 amide bonds. The third-order valence-electron chi connectivity index (χ3n) is 6.31. The van der Waals surface area contributed by atoms with Crippen molar-refractivity contribution in [2.75, 3.05) is 13.2 Å². The van der Waals surface area contributed by atoms with Crippen molar-refractivity contribution in [3.8, 4) is 5.75 Å². The smallest absolute Gasteiger partial charge is 0.274 e. The number of pyridine rings is 1. The molecule has 2 aliphatic rings. The van der Waals surface area contributed by atoms with Gasteiger partial charge in [-0.15, -0.1) is 0 Å². The van der Waals surface area contributed by atoms with Crippen LogP contribution in [0.4, 0.5) is 8.78 Å². The standard InChI is InChI=1S/C22H23F2N3O5/c1-11(2)26-10-22(6-13(22)9-28)27-8-15(18(29)19(30)17(27)21(26)32)20(31)25-7-12-3-4-14(23)5-16(12)24/h3-5,8,11,13,28,30H,6-7,9-10H2,1-2H3,(H,25,31). The van der Waals surface area contributed by atoms with Gasteiger partial charge in [-0.25, -0.2) is 8.78 Å². The summed E-state index contributed by atoms with van der Waals surface area (Å²) in [4.78, 5) is 40.0. The highest BCUT2D eigenvalue weighted by Crippen LogP contribution is 2.53. The number of amides is 2. The molecule has 4 rings (SSSR count). The van der Waals surface area contributed by atoms with Crippen LogP contribution >= 0.6 is 0 Å². The Morgan fingerprint density at radius 1 is 1.31 bits per heavy atom. The molecule has 1 spiro atoms. The Kier molecular flexibility index (Phi) is 5.28. The molecule has 0 bridgehead atoms. The minimum absolute atomic E-state index is 0.0174. The van der Waals surface area contributed by atoms with Crippen molar-refractivity contribution in [2.24, 2.45) is 5.92 Å². The van der Waals surface area contributed by atoms with Crippen LogP contribution in [0.25, 0.3) is 0 Å². The van der Waals surface area contributed by atoms with Crippen molar-refractivity contribution in [1.29, 1.82) is 0 Å². The highest BCUT2D eigenvalue weighted by molar-refractivity contribution is 5.99. The second-order valence-electron chi connectivity index (χ2n) is 8.57. The number of nitrogens with one attached hydrogen (secondary N) is 1. The number of hydrogen-bond donors (Lipinski definition) is 3. The quantitative estimate of drug-likeness (QED) is 0.641. The number of halogens is 2. The molecule has 2 heterocycles. The van der Waals surface area contributed by atoms with Gasteiger partial charge in [-0.2, -0.15) is 0 Å². The lowest BCUT2D eigenvalue weighted by molar-refractivity contribution is 0.0551. The van der Waals surface area contributed by atoms with Crippen LogP contribution in [0, 0.1) is 17.6 Å². The molecule has 170 valence electrons. The van der Waals surface area contributed by atoms with Crippen molar-refractivity contribution >= 4 is 11.8 Å². The maximum atomic E-state index is 13.8. The van der Waals surface area contributed by atoms with E-state index in [-0.39, 0.29) is 42.9 Å². The van der Waals surface area contributed by atoms with E-state index in [1.54, 1.807) is 0 Å². The SMILES string of the molecule is CC(C)N1CC2(CC2CO)n2cc(C(=O)NCc3ccc(F)cc3F)c(=O)c(O)c2C1=O. The fraction of sp³-hybridized carbons (Fsp3) is 0.409. The molecule has 1 aliphatic heterocycles. The van der Waals surface area contributed by atoms with E-state index in [0.29, 0.717) is 12.5 Å². The lowest BCUT2D eigenvalue weighted by Crippen LogP contribution is -2.52. The second kappa shape index (κ2) is 7.70. The van der Waals surface area contributed by atoms with Crippen molar-refractivity contribution in [3.63, 3.8) is 0 Å². The molecule has 32 heavy (non-hydrogen) atoms. The molecular weight excluding hydrogens is 424 g/mol. The number of benzene rings is 1. The maximum Gasteiger partial charge on any atom is 0.274 e. The number of aromatic nitrogens is 1. The molecule has 1 fully saturated rings. The van der Waals surface area contributed by atoms with Crippen LogP contribution in [0.5, 0.6) is 5.75 Å². The minimum Gasteiger partial charge on any atom is -0.503 e. The molecule has 2 unspecified atom stereocenters. The van der Waals surface area contributed by atoms with Crippen molar-refractivity contribution in [1.82, 2.24) is 14.8 Å². The first-order valence-corrected chi connectivity index (χ1v) is 10.2. The van der Waals surface area contributed by atoms with Gasteiger partial charge in [0.05, 0.1) is 5.54 Å². The molecule has 10 heteroatoms. The summed E-state index contributed by atoms with van der Waals surface area (Å²) in [6.45, 7) is 3.42. The van der Waals surface area contributed by atoms with Crippen LogP contribution in [0.2, 0.25) is 0 Å². The Balaban J connectivity index is 1.72. The van der Waals surface area contributed by atoms with Gasteiger partial charge in [-0.1, -0.05) is 6.07 Å². The van der Waals surface area contributed by atoms with Crippen molar-refractivity contribution in [2.45, 2.75) is 38.4 Å².